The summed E-state index contributed by atoms with van der Waals surface area (Å²) in [4.78, 5) is 0. The van der Waals surface area contributed by atoms with Crippen molar-refractivity contribution in [2.24, 2.45) is 0 Å². The SMILES string of the molecule is CN(C)O[Si]Cl. The van der Waals surface area contributed by atoms with Gasteiger partial charge in [0, 0.05) is 14.1 Å². The van der Waals surface area contributed by atoms with Crippen LogP contribution >= 0.6 is 11.1 Å². The summed E-state index contributed by atoms with van der Waals surface area (Å²) in [6.45, 7) is 0. The van der Waals surface area contributed by atoms with E-state index in [1.54, 1.807) is 19.2 Å². The fourth-order valence-electron chi connectivity index (χ4n) is 0.0690. The summed E-state index contributed by atoms with van der Waals surface area (Å²) in [5.41, 5.74) is 0. The molecule has 0 rings (SSSR count). The van der Waals surface area contributed by atoms with Gasteiger partial charge in [-0.25, -0.2) is 5.06 Å². The van der Waals surface area contributed by atoms with Crippen molar-refractivity contribution in [2.75, 3.05) is 14.1 Å². The van der Waals surface area contributed by atoms with E-state index in [9.17, 15) is 0 Å². The number of nitrogens with zero attached hydrogens (tertiary/aromatic N) is 1. The Kier molecular flexibility index (Phi) is 3.87. The second kappa shape index (κ2) is 3.61. The van der Waals surface area contributed by atoms with Crippen LogP contribution in [0.2, 0.25) is 0 Å². The third-order valence-electron chi connectivity index (χ3n) is 0.217. The summed E-state index contributed by atoms with van der Waals surface area (Å²) in [6, 6.07) is 0. The van der Waals surface area contributed by atoms with Gasteiger partial charge >= 0.3 is 9.07 Å². The molecule has 0 saturated heterocycles. The molecule has 0 heterocycles. The lowest BCUT2D eigenvalue weighted by Crippen LogP contribution is -2.12. The molecular formula is C2H6ClNOSi. The van der Waals surface area contributed by atoms with E-state index in [0.717, 1.165) is 0 Å². The number of halogens is 1. The molecule has 0 amide bonds. The van der Waals surface area contributed by atoms with Crippen molar-refractivity contribution in [3.8, 4) is 0 Å². The van der Waals surface area contributed by atoms with Crippen LogP contribution in [0.25, 0.3) is 0 Å². The zero-order valence-electron chi connectivity index (χ0n) is 3.73. The Balaban J connectivity index is 2.63. The molecule has 0 aliphatic heterocycles. The lowest BCUT2D eigenvalue weighted by Gasteiger charge is -2.03. The molecular weight excluding hydrogens is 118 g/mol. The van der Waals surface area contributed by atoms with E-state index < -0.39 is 0 Å². The first-order chi connectivity index (χ1) is 2.77. The highest BCUT2D eigenvalue weighted by molar-refractivity contribution is 6.89. The summed E-state index contributed by atoms with van der Waals surface area (Å²) in [6.07, 6.45) is 0. The first-order valence-electron chi connectivity index (χ1n) is 1.47. The summed E-state index contributed by atoms with van der Waals surface area (Å²) in [5.74, 6) is 0. The van der Waals surface area contributed by atoms with Crippen LogP contribution < -0.4 is 0 Å². The van der Waals surface area contributed by atoms with Gasteiger partial charge in [-0.1, -0.05) is 0 Å². The molecule has 0 aliphatic rings. The molecule has 0 N–H and O–H groups in total. The highest BCUT2D eigenvalue weighted by Gasteiger charge is 1.83. The maximum absolute atomic E-state index is 5.16. The van der Waals surface area contributed by atoms with Crippen LogP contribution in [0.15, 0.2) is 0 Å². The average molecular weight is 124 g/mol. The van der Waals surface area contributed by atoms with E-state index >= 15 is 0 Å². The van der Waals surface area contributed by atoms with Gasteiger partial charge in [-0.15, -0.1) is 11.1 Å². The fourth-order valence-corrected chi connectivity index (χ4v) is 0.621. The van der Waals surface area contributed by atoms with Crippen LogP contribution in [-0.4, -0.2) is 28.2 Å². The molecule has 4 heteroatoms. The first kappa shape index (κ1) is 6.43. The van der Waals surface area contributed by atoms with Crippen molar-refractivity contribution in [1.29, 1.82) is 0 Å². The van der Waals surface area contributed by atoms with Crippen molar-refractivity contribution in [2.45, 2.75) is 0 Å². The predicted molar refractivity (Wildman–Crippen MR) is 26.4 cm³/mol. The topological polar surface area (TPSA) is 12.5 Å². The van der Waals surface area contributed by atoms with Crippen LogP contribution in [0.4, 0.5) is 0 Å². The van der Waals surface area contributed by atoms with Crippen molar-refractivity contribution >= 4 is 20.2 Å². The zero-order chi connectivity index (χ0) is 4.99. The fraction of sp³-hybridized carbons (Fsp3) is 1.00. The molecule has 0 aliphatic carbocycles. The lowest BCUT2D eigenvalue weighted by molar-refractivity contribution is 0.00422. The van der Waals surface area contributed by atoms with Crippen LogP contribution in [0.5, 0.6) is 0 Å². The van der Waals surface area contributed by atoms with Gasteiger partial charge < -0.3 is 4.53 Å². The third kappa shape index (κ3) is 4.43. The quantitative estimate of drug-likeness (QED) is 0.297. The van der Waals surface area contributed by atoms with Gasteiger partial charge in [-0.05, 0) is 0 Å². The highest BCUT2D eigenvalue weighted by atomic mass is 35.6. The Bertz CT molecular complexity index is 34.7. The molecule has 0 unspecified atom stereocenters. The van der Waals surface area contributed by atoms with E-state index in [4.69, 9.17) is 11.1 Å². The van der Waals surface area contributed by atoms with Crippen molar-refractivity contribution in [3.63, 3.8) is 0 Å². The molecule has 0 bridgehead atoms. The van der Waals surface area contributed by atoms with E-state index in [1.165, 1.54) is 0 Å². The molecule has 2 nitrogen and oxygen atoms in total. The summed E-state index contributed by atoms with van der Waals surface area (Å²) in [7, 11) is 3.61. The van der Waals surface area contributed by atoms with Crippen LogP contribution in [0.3, 0.4) is 0 Å². The first-order valence-corrected chi connectivity index (χ1v) is 3.39. The normalized spacial score (nSPS) is 10.0. The Morgan fingerprint density at radius 2 is 2.17 bits per heavy atom. The maximum atomic E-state index is 5.16. The van der Waals surface area contributed by atoms with Crippen molar-refractivity contribution < 1.29 is 4.53 Å². The minimum absolute atomic E-state index is 0.0363. The Hall–Kier alpha value is 0.427. The van der Waals surface area contributed by atoms with Crippen LogP contribution in [-0.2, 0) is 4.53 Å². The van der Waals surface area contributed by atoms with Gasteiger partial charge in [-0.2, -0.15) is 0 Å². The Morgan fingerprint density at radius 3 is 2.17 bits per heavy atom. The van der Waals surface area contributed by atoms with E-state index in [1.807, 2.05) is 0 Å². The molecule has 36 valence electrons. The number of hydrogen-bond acceptors (Lipinski definition) is 2. The van der Waals surface area contributed by atoms with E-state index in [-0.39, 0.29) is 9.07 Å². The molecule has 0 fully saturated rings. The molecule has 0 aromatic carbocycles. The van der Waals surface area contributed by atoms with Crippen molar-refractivity contribution in [3.05, 3.63) is 0 Å². The number of hydrogen-bond donors (Lipinski definition) is 0. The molecule has 0 aromatic rings. The standard InChI is InChI=1S/C2H6ClNOSi/c1-4(2)5-6-3/h1-2H3. The van der Waals surface area contributed by atoms with Gasteiger partial charge in [0.2, 0.25) is 0 Å². The van der Waals surface area contributed by atoms with Gasteiger partial charge in [-0.3, -0.25) is 0 Å². The minimum Gasteiger partial charge on any atom is -0.323 e. The van der Waals surface area contributed by atoms with Gasteiger partial charge in [0.05, 0.1) is 0 Å². The van der Waals surface area contributed by atoms with E-state index in [2.05, 4.69) is 4.53 Å². The van der Waals surface area contributed by atoms with Gasteiger partial charge in [0.15, 0.2) is 0 Å². The summed E-state index contributed by atoms with van der Waals surface area (Å²) in [5, 5.41) is 1.56. The molecule has 6 heavy (non-hydrogen) atoms. The van der Waals surface area contributed by atoms with Crippen LogP contribution in [0, 0.1) is 0 Å². The lowest BCUT2D eigenvalue weighted by atomic mass is 11.2. The predicted octanol–water partition coefficient (Wildman–Crippen LogP) is 0.253. The Labute approximate surface area is 44.6 Å². The monoisotopic (exact) mass is 123 g/mol. The molecule has 0 saturated carbocycles. The second-order valence-electron chi connectivity index (χ2n) is 0.981. The smallest absolute Gasteiger partial charge is 0.323 e. The molecule has 0 atom stereocenters. The largest absolute Gasteiger partial charge is 0.383 e. The summed E-state index contributed by atoms with van der Waals surface area (Å²) >= 11 is 5.16. The summed E-state index contributed by atoms with van der Waals surface area (Å²) < 4.78 is 4.67. The van der Waals surface area contributed by atoms with E-state index in [0.29, 0.717) is 0 Å². The number of rotatable bonds is 2. The minimum atomic E-state index is 0.0363. The van der Waals surface area contributed by atoms with Crippen LogP contribution in [0.1, 0.15) is 0 Å². The highest BCUT2D eigenvalue weighted by Crippen LogP contribution is 1.75. The molecule has 2 radical (unpaired) electrons. The van der Waals surface area contributed by atoms with Gasteiger partial charge in [0.1, 0.15) is 0 Å². The van der Waals surface area contributed by atoms with Gasteiger partial charge in [0.25, 0.3) is 0 Å². The average Bonchev–Trinajstić information content (AvgIpc) is 1.35. The van der Waals surface area contributed by atoms with Crippen molar-refractivity contribution in [1.82, 2.24) is 5.06 Å². The Morgan fingerprint density at radius 1 is 1.67 bits per heavy atom. The maximum Gasteiger partial charge on any atom is 0.383 e. The zero-order valence-corrected chi connectivity index (χ0v) is 5.49. The number of hydroxylamine groups is 2. The second-order valence-corrected chi connectivity index (χ2v) is 1.78. The molecule has 0 spiro atoms. The third-order valence-corrected chi connectivity index (χ3v) is 0.858. The molecule has 0 aromatic heterocycles.